The Labute approximate surface area is 148 Å². The van der Waals surface area contributed by atoms with Crippen molar-refractivity contribution in [2.45, 2.75) is 49.7 Å². The fourth-order valence-corrected chi connectivity index (χ4v) is 3.68. The molecule has 2 saturated heterocycles. The first-order valence-electron chi connectivity index (χ1n) is 8.97. The van der Waals surface area contributed by atoms with Gasteiger partial charge in [-0.2, -0.15) is 0 Å². The number of rotatable bonds is 7. The van der Waals surface area contributed by atoms with Crippen molar-refractivity contribution >= 4 is 5.91 Å². The second kappa shape index (κ2) is 9.22. The minimum atomic E-state index is -1.53. The van der Waals surface area contributed by atoms with Crippen LogP contribution >= 0.6 is 0 Å². The maximum absolute atomic E-state index is 11.5. The predicted molar refractivity (Wildman–Crippen MR) is 92.0 cm³/mol. The molecular weight excluding hydrogens is 328 g/mol. The summed E-state index contributed by atoms with van der Waals surface area (Å²) in [5.74, 6) is -0.318. The Morgan fingerprint density at radius 1 is 1.20 bits per heavy atom. The van der Waals surface area contributed by atoms with Crippen molar-refractivity contribution in [1.82, 2.24) is 20.9 Å². The first-order chi connectivity index (χ1) is 11.9. The number of likely N-dealkylation sites (tertiary alicyclic amines) is 1. The van der Waals surface area contributed by atoms with Crippen molar-refractivity contribution in [3.05, 3.63) is 0 Å². The van der Waals surface area contributed by atoms with Crippen LogP contribution < -0.4 is 16.0 Å². The third kappa shape index (κ3) is 5.58. The largest absolute Gasteiger partial charge is 0.394 e. The fraction of sp³-hybridized carbons (Fsp3) is 0.938. The number of amides is 1. The van der Waals surface area contributed by atoms with E-state index in [-0.39, 0.29) is 11.4 Å². The summed E-state index contributed by atoms with van der Waals surface area (Å²) < 4.78 is 0. The first-order valence-corrected chi connectivity index (χ1v) is 8.97. The van der Waals surface area contributed by atoms with Gasteiger partial charge < -0.3 is 41.3 Å². The molecule has 0 saturated carbocycles. The van der Waals surface area contributed by atoms with Gasteiger partial charge in [0, 0.05) is 51.7 Å². The van der Waals surface area contributed by atoms with E-state index >= 15 is 0 Å². The van der Waals surface area contributed by atoms with Crippen LogP contribution in [0, 0.1) is 0 Å². The van der Waals surface area contributed by atoms with Crippen LogP contribution in [-0.2, 0) is 4.79 Å². The van der Waals surface area contributed by atoms with Gasteiger partial charge in [0.2, 0.25) is 5.91 Å². The second-order valence-corrected chi connectivity index (χ2v) is 7.22. The molecule has 9 heteroatoms. The highest BCUT2D eigenvalue weighted by atomic mass is 16.4. The van der Waals surface area contributed by atoms with Crippen LogP contribution in [0.1, 0.15) is 19.8 Å². The Bertz CT molecular complexity index is 423. The number of nitrogens with zero attached hydrogens (tertiary/aromatic N) is 1. The SMILES string of the molecule is CC(=O)N[C@@H](CN1CCC2(CC1)CNCCN2)[C@@H](O)[C@@H](O)[C@H](O)CO. The molecule has 1 amide bonds. The summed E-state index contributed by atoms with van der Waals surface area (Å²) in [4.78, 5) is 13.6. The lowest BCUT2D eigenvalue weighted by atomic mass is 9.85. The molecule has 4 atom stereocenters. The lowest BCUT2D eigenvalue weighted by molar-refractivity contribution is -0.124. The third-order valence-corrected chi connectivity index (χ3v) is 5.27. The molecular formula is C16H32N4O5. The van der Waals surface area contributed by atoms with E-state index in [4.69, 9.17) is 5.11 Å². The molecule has 2 fully saturated rings. The van der Waals surface area contributed by atoms with Crippen molar-refractivity contribution in [3.63, 3.8) is 0 Å². The highest BCUT2D eigenvalue weighted by Crippen LogP contribution is 2.23. The molecule has 2 aliphatic rings. The quantitative estimate of drug-likeness (QED) is 0.249. The maximum Gasteiger partial charge on any atom is 0.217 e. The number of hydrogen-bond donors (Lipinski definition) is 7. The van der Waals surface area contributed by atoms with Crippen molar-refractivity contribution < 1.29 is 25.2 Å². The molecule has 0 radical (unpaired) electrons. The van der Waals surface area contributed by atoms with Gasteiger partial charge in [-0.05, 0) is 12.8 Å². The van der Waals surface area contributed by atoms with E-state index in [0.717, 1.165) is 45.6 Å². The zero-order valence-electron chi connectivity index (χ0n) is 14.8. The monoisotopic (exact) mass is 360 g/mol. The Kier molecular flexibility index (Phi) is 7.56. The Morgan fingerprint density at radius 3 is 2.40 bits per heavy atom. The fourth-order valence-electron chi connectivity index (χ4n) is 3.68. The molecule has 1 spiro atoms. The minimum Gasteiger partial charge on any atom is -0.394 e. The van der Waals surface area contributed by atoms with E-state index in [1.165, 1.54) is 6.92 Å². The topological polar surface area (TPSA) is 137 Å². The van der Waals surface area contributed by atoms with Gasteiger partial charge in [-0.25, -0.2) is 0 Å². The van der Waals surface area contributed by atoms with Crippen LogP contribution in [0.25, 0.3) is 0 Å². The molecule has 9 nitrogen and oxygen atoms in total. The summed E-state index contributed by atoms with van der Waals surface area (Å²) in [6.07, 6.45) is -2.41. The maximum atomic E-state index is 11.5. The van der Waals surface area contributed by atoms with Crippen molar-refractivity contribution in [1.29, 1.82) is 0 Å². The minimum absolute atomic E-state index is 0.115. The van der Waals surface area contributed by atoms with Crippen molar-refractivity contribution in [2.24, 2.45) is 0 Å². The number of piperazine rings is 1. The molecule has 25 heavy (non-hydrogen) atoms. The van der Waals surface area contributed by atoms with Gasteiger partial charge in [0.25, 0.3) is 0 Å². The van der Waals surface area contributed by atoms with Gasteiger partial charge in [0.15, 0.2) is 0 Å². The predicted octanol–water partition coefficient (Wildman–Crippen LogP) is -3.41. The zero-order chi connectivity index (χ0) is 18.4. The highest BCUT2D eigenvalue weighted by molar-refractivity contribution is 5.73. The smallest absolute Gasteiger partial charge is 0.217 e. The number of carbonyl (C=O) groups excluding carboxylic acids is 1. The zero-order valence-corrected chi connectivity index (χ0v) is 14.8. The van der Waals surface area contributed by atoms with Crippen LogP contribution in [-0.4, -0.2) is 107 Å². The second-order valence-electron chi connectivity index (χ2n) is 7.22. The van der Waals surface area contributed by atoms with E-state index in [0.29, 0.717) is 6.54 Å². The summed E-state index contributed by atoms with van der Waals surface area (Å²) in [5, 5.41) is 48.4. The van der Waals surface area contributed by atoms with Crippen LogP contribution in [0.4, 0.5) is 0 Å². The first kappa shape index (κ1) is 20.5. The van der Waals surface area contributed by atoms with Gasteiger partial charge in [0.1, 0.15) is 18.3 Å². The van der Waals surface area contributed by atoms with E-state index in [1.807, 2.05) is 0 Å². The van der Waals surface area contributed by atoms with Crippen molar-refractivity contribution in [3.8, 4) is 0 Å². The molecule has 0 unspecified atom stereocenters. The molecule has 0 aromatic rings. The Morgan fingerprint density at radius 2 is 1.88 bits per heavy atom. The van der Waals surface area contributed by atoms with Crippen molar-refractivity contribution in [2.75, 3.05) is 45.9 Å². The standard InChI is InChI=1S/C16H32N4O5/c1-11(22)19-12(14(24)15(25)13(23)9-21)8-20-6-2-16(3-7-20)10-17-4-5-18-16/h12-15,17-18,21,23-25H,2-10H2,1H3,(H,19,22)/t12-,13+,14+,15-/m0/s1. The van der Waals surface area contributed by atoms with E-state index < -0.39 is 31.0 Å². The molecule has 2 heterocycles. The van der Waals surface area contributed by atoms with E-state index in [2.05, 4.69) is 20.9 Å². The molecule has 2 aliphatic heterocycles. The summed E-state index contributed by atoms with van der Waals surface area (Å²) in [6.45, 7) is 5.57. The third-order valence-electron chi connectivity index (χ3n) is 5.27. The Hall–Kier alpha value is -0.810. The molecule has 7 N–H and O–H groups in total. The van der Waals surface area contributed by atoms with Crippen LogP contribution in [0.3, 0.4) is 0 Å². The lowest BCUT2D eigenvalue weighted by Crippen LogP contribution is -2.64. The van der Waals surface area contributed by atoms with Gasteiger partial charge >= 0.3 is 0 Å². The molecule has 0 aromatic heterocycles. The number of nitrogens with one attached hydrogen (secondary N) is 3. The number of aliphatic hydroxyl groups is 4. The molecule has 0 bridgehead atoms. The average Bonchev–Trinajstić information content (AvgIpc) is 2.61. The summed E-state index contributed by atoms with van der Waals surface area (Å²) in [5.41, 5.74) is 0.115. The normalized spacial score (nSPS) is 26.0. The lowest BCUT2D eigenvalue weighted by Gasteiger charge is -2.46. The highest BCUT2D eigenvalue weighted by Gasteiger charge is 2.38. The summed E-state index contributed by atoms with van der Waals surface area (Å²) in [7, 11) is 0. The Balaban J connectivity index is 1.92. The van der Waals surface area contributed by atoms with Gasteiger partial charge in [-0.1, -0.05) is 0 Å². The molecule has 0 aliphatic carbocycles. The average molecular weight is 360 g/mol. The molecule has 2 rings (SSSR count). The summed E-state index contributed by atoms with van der Waals surface area (Å²) >= 11 is 0. The van der Waals surface area contributed by atoms with Gasteiger partial charge in [-0.15, -0.1) is 0 Å². The van der Waals surface area contributed by atoms with E-state index in [1.54, 1.807) is 0 Å². The number of carbonyl (C=O) groups is 1. The van der Waals surface area contributed by atoms with Crippen LogP contribution in [0.2, 0.25) is 0 Å². The van der Waals surface area contributed by atoms with E-state index in [9.17, 15) is 20.1 Å². The van der Waals surface area contributed by atoms with Gasteiger partial charge in [0.05, 0.1) is 12.6 Å². The van der Waals surface area contributed by atoms with Gasteiger partial charge in [-0.3, -0.25) is 4.79 Å². The number of hydrogen-bond acceptors (Lipinski definition) is 8. The number of piperidine rings is 1. The molecule has 0 aromatic carbocycles. The van der Waals surface area contributed by atoms with Crippen LogP contribution in [0.5, 0.6) is 0 Å². The molecule has 146 valence electrons. The summed E-state index contributed by atoms with van der Waals surface area (Å²) in [6, 6.07) is -0.722. The van der Waals surface area contributed by atoms with Crippen LogP contribution in [0.15, 0.2) is 0 Å². The number of aliphatic hydroxyl groups excluding tert-OH is 4.